The highest BCUT2D eigenvalue weighted by Gasteiger charge is 2.28. The number of nitrogens with zero attached hydrogens (tertiary/aromatic N) is 1. The first-order valence-corrected chi connectivity index (χ1v) is 12.5. The molecule has 0 fully saturated rings. The molecule has 8 heteroatoms. The summed E-state index contributed by atoms with van der Waals surface area (Å²) in [6, 6.07) is 19.2. The van der Waals surface area contributed by atoms with Crippen LogP contribution in [-0.2, 0) is 5.75 Å². The van der Waals surface area contributed by atoms with Crippen LogP contribution in [0.25, 0.3) is 5.69 Å². The maximum Gasteiger partial charge on any atom is 0.259 e. The smallest absolute Gasteiger partial charge is 0.259 e. The molecule has 32 heavy (non-hydrogen) atoms. The van der Waals surface area contributed by atoms with Crippen LogP contribution in [0.1, 0.15) is 26.4 Å². The fraction of sp³-hybridized carbons (Fsp3) is 0.0833. The first kappa shape index (κ1) is 25.0. The van der Waals surface area contributed by atoms with Crippen LogP contribution in [0.2, 0.25) is 5.02 Å². The molecule has 4 aromatic rings. The van der Waals surface area contributed by atoms with Crippen molar-refractivity contribution in [1.29, 1.82) is 0 Å². The monoisotopic (exact) mass is 608 g/mol. The third-order valence-electron chi connectivity index (χ3n) is 4.69. The summed E-state index contributed by atoms with van der Waals surface area (Å²) in [4.78, 5) is 13.8. The minimum Gasteiger partial charge on any atom is -1.00 e. The van der Waals surface area contributed by atoms with Crippen LogP contribution < -0.4 is 27.3 Å². The van der Waals surface area contributed by atoms with Crippen LogP contribution in [0.15, 0.2) is 81.7 Å². The van der Waals surface area contributed by atoms with E-state index >= 15 is 0 Å². The van der Waals surface area contributed by atoms with Crippen LogP contribution >= 0.6 is 50.6 Å². The van der Waals surface area contributed by atoms with E-state index in [-0.39, 0.29) is 22.8 Å². The summed E-state index contributed by atoms with van der Waals surface area (Å²) < 4.78 is 4.06. The van der Waals surface area contributed by atoms with Crippen molar-refractivity contribution in [3.05, 3.63) is 104 Å². The molecule has 0 spiro atoms. The number of nitrogens with two attached hydrogens (primary N) is 1. The maximum atomic E-state index is 13.2. The van der Waals surface area contributed by atoms with E-state index in [4.69, 9.17) is 17.3 Å². The number of carbonyl (C=O) groups is 1. The third kappa shape index (κ3) is 5.64. The number of hydrogen-bond donors (Lipinski definition) is 1. The van der Waals surface area contributed by atoms with Crippen LogP contribution in [0.3, 0.4) is 0 Å². The van der Waals surface area contributed by atoms with E-state index in [1.807, 2.05) is 48.1 Å². The fourth-order valence-corrected chi connectivity index (χ4v) is 5.93. The van der Waals surface area contributed by atoms with Gasteiger partial charge < -0.3 is 22.7 Å². The minimum atomic E-state index is -0.0934. The van der Waals surface area contributed by atoms with Gasteiger partial charge in [-0.2, -0.15) is 4.57 Å². The topological polar surface area (TPSA) is 47.0 Å². The van der Waals surface area contributed by atoms with E-state index in [1.165, 1.54) is 16.9 Å². The fourth-order valence-electron chi connectivity index (χ4n) is 3.12. The molecule has 0 aliphatic rings. The molecule has 0 aliphatic carbocycles. The van der Waals surface area contributed by atoms with E-state index in [9.17, 15) is 4.79 Å². The molecule has 0 aliphatic heterocycles. The quantitative estimate of drug-likeness (QED) is 0.205. The second-order valence-corrected chi connectivity index (χ2v) is 10.6. The number of ketones is 1. The van der Waals surface area contributed by atoms with Crippen molar-refractivity contribution in [2.75, 3.05) is 5.73 Å². The number of aromatic nitrogens is 1. The lowest BCUT2D eigenvalue weighted by molar-refractivity contribution is -0.597. The molecule has 0 radical (unpaired) electrons. The van der Waals surface area contributed by atoms with Gasteiger partial charge >= 0.3 is 0 Å². The number of hydrogen-bond acceptors (Lipinski definition) is 4. The Balaban J connectivity index is 0.00000289. The summed E-state index contributed by atoms with van der Waals surface area (Å²) >= 11 is 12.6. The van der Waals surface area contributed by atoms with E-state index in [2.05, 4.69) is 28.1 Å². The van der Waals surface area contributed by atoms with E-state index in [0.29, 0.717) is 21.2 Å². The first-order valence-electron chi connectivity index (χ1n) is 9.50. The van der Waals surface area contributed by atoms with Gasteiger partial charge in [0.2, 0.25) is 5.78 Å². The van der Waals surface area contributed by atoms with Gasteiger partial charge in [0.25, 0.3) is 5.69 Å². The second-order valence-electron chi connectivity index (χ2n) is 7.02. The third-order valence-corrected chi connectivity index (χ3v) is 8.00. The van der Waals surface area contributed by atoms with Gasteiger partial charge in [-0.15, -0.1) is 23.1 Å². The summed E-state index contributed by atoms with van der Waals surface area (Å²) in [5, 5.41) is 0.595. The Hall–Kier alpha value is -1.64. The van der Waals surface area contributed by atoms with Gasteiger partial charge in [0, 0.05) is 32.4 Å². The molecular weight excluding hydrogens is 592 g/mol. The van der Waals surface area contributed by atoms with Crippen LogP contribution in [-0.4, -0.2) is 5.78 Å². The first-order chi connectivity index (χ1) is 14.9. The number of benzene rings is 2. The average Bonchev–Trinajstić information content (AvgIpc) is 3.09. The minimum absolute atomic E-state index is 0. The number of carbonyl (C=O) groups excluding carboxylic acids is 1. The molecule has 0 amide bonds. The number of nitrogen functional groups attached to an aromatic ring is 1. The van der Waals surface area contributed by atoms with E-state index in [0.717, 1.165) is 25.7 Å². The van der Waals surface area contributed by atoms with Gasteiger partial charge in [0.15, 0.2) is 12.4 Å². The zero-order chi connectivity index (χ0) is 22.0. The molecule has 3 nitrogen and oxygen atoms in total. The van der Waals surface area contributed by atoms with Crippen LogP contribution in [0, 0.1) is 6.92 Å². The SMILES string of the molecule is Cc1ccc[n+](-c2c(SCc3ccc(Br)cc3)sc(C(=O)c3ccc(Cl)cc3)c2N)c1.[Br-]. The Bertz CT molecular complexity index is 1240. The molecular formula is C24H19Br2ClN2OS2. The lowest BCUT2D eigenvalue weighted by Crippen LogP contribution is -3.00. The normalized spacial score (nSPS) is 10.6. The van der Waals surface area contributed by atoms with Crippen molar-refractivity contribution in [2.24, 2.45) is 0 Å². The number of aryl methyl sites for hydroxylation is 1. The summed E-state index contributed by atoms with van der Waals surface area (Å²) in [6.45, 7) is 2.04. The molecule has 2 N–H and O–H groups in total. The number of rotatable bonds is 6. The van der Waals surface area contributed by atoms with Gasteiger partial charge in [0.05, 0.1) is 0 Å². The Morgan fingerprint density at radius 1 is 1.12 bits per heavy atom. The Morgan fingerprint density at radius 3 is 2.47 bits per heavy atom. The van der Waals surface area contributed by atoms with Gasteiger partial charge in [0.1, 0.15) is 14.8 Å². The van der Waals surface area contributed by atoms with Crippen molar-refractivity contribution in [3.63, 3.8) is 0 Å². The Labute approximate surface area is 219 Å². The number of anilines is 1. The van der Waals surface area contributed by atoms with Crippen molar-refractivity contribution in [1.82, 2.24) is 0 Å². The average molecular weight is 611 g/mol. The molecule has 2 aromatic carbocycles. The molecule has 0 saturated heterocycles. The number of thioether (sulfide) groups is 1. The van der Waals surface area contributed by atoms with Gasteiger partial charge in [-0.1, -0.05) is 39.7 Å². The highest BCUT2D eigenvalue weighted by Crippen LogP contribution is 2.41. The number of pyridine rings is 1. The van der Waals surface area contributed by atoms with E-state index < -0.39 is 0 Å². The summed E-state index contributed by atoms with van der Waals surface area (Å²) in [7, 11) is 0. The molecule has 0 unspecified atom stereocenters. The van der Waals surface area contributed by atoms with Crippen LogP contribution in [0.5, 0.6) is 0 Å². The second kappa shape index (κ2) is 11.0. The van der Waals surface area contributed by atoms with Crippen molar-refractivity contribution in [2.45, 2.75) is 16.9 Å². The van der Waals surface area contributed by atoms with Crippen molar-refractivity contribution in [3.8, 4) is 5.69 Å². The van der Waals surface area contributed by atoms with Crippen LogP contribution in [0.4, 0.5) is 5.69 Å². The van der Waals surface area contributed by atoms with Gasteiger partial charge in [-0.05, 0) is 55.0 Å². The molecule has 4 rings (SSSR count). The van der Waals surface area contributed by atoms with Crippen molar-refractivity contribution >= 4 is 62.1 Å². The lowest BCUT2D eigenvalue weighted by atomic mass is 10.1. The van der Waals surface area contributed by atoms with E-state index in [1.54, 1.807) is 36.0 Å². The number of thiophene rings is 1. The Kier molecular flexibility index (Phi) is 8.58. The zero-order valence-electron chi connectivity index (χ0n) is 17.0. The standard InChI is InChI=1S/C24H18BrClN2OS2.BrH/c1-15-3-2-12-28(13-15)21-20(27)23(22(29)17-6-10-19(26)11-7-17)31-24(21)30-14-16-4-8-18(25)9-5-16;/h2-13H,14H2,1H3,(H-,27,29);1H. The molecule has 2 aromatic heterocycles. The van der Waals surface area contributed by atoms with Crippen molar-refractivity contribution < 1.29 is 26.3 Å². The lowest BCUT2D eigenvalue weighted by Gasteiger charge is -2.02. The Morgan fingerprint density at radius 2 is 1.81 bits per heavy atom. The molecule has 0 bridgehead atoms. The molecule has 0 atom stereocenters. The van der Waals surface area contributed by atoms with Gasteiger partial charge in [-0.3, -0.25) is 4.79 Å². The summed E-state index contributed by atoms with van der Waals surface area (Å²) in [6.07, 6.45) is 3.99. The molecule has 0 saturated carbocycles. The summed E-state index contributed by atoms with van der Waals surface area (Å²) in [5.74, 6) is 0.686. The molecule has 2 heterocycles. The highest BCUT2D eigenvalue weighted by atomic mass is 79.9. The zero-order valence-corrected chi connectivity index (χ0v) is 22.6. The maximum absolute atomic E-state index is 13.2. The number of halogens is 3. The molecule has 164 valence electrons. The van der Waals surface area contributed by atoms with Gasteiger partial charge in [-0.25, -0.2) is 0 Å². The predicted octanol–water partition coefficient (Wildman–Crippen LogP) is 3.86. The highest BCUT2D eigenvalue weighted by molar-refractivity contribution is 9.10. The summed E-state index contributed by atoms with van der Waals surface area (Å²) in [5.41, 5.74) is 10.8. The predicted molar refractivity (Wildman–Crippen MR) is 134 cm³/mol. The largest absolute Gasteiger partial charge is 1.00 e.